The number of esters is 1. The van der Waals surface area contributed by atoms with E-state index in [-0.39, 0.29) is 25.6 Å². The highest BCUT2D eigenvalue weighted by molar-refractivity contribution is 5.81. The molecule has 0 unspecified atom stereocenters. The molecule has 96 valence electrons. The van der Waals surface area contributed by atoms with Crippen LogP contribution in [0.3, 0.4) is 0 Å². The van der Waals surface area contributed by atoms with E-state index in [1.807, 2.05) is 0 Å². The lowest BCUT2D eigenvalue weighted by Crippen LogP contribution is -3.00. The fourth-order valence-corrected chi connectivity index (χ4v) is 0.941. The fourth-order valence-electron chi connectivity index (χ4n) is 0.941. The summed E-state index contributed by atoms with van der Waals surface area (Å²) in [5.41, 5.74) is 0. The minimum absolute atomic E-state index is 0. The Balaban J connectivity index is 0. The van der Waals surface area contributed by atoms with Crippen molar-refractivity contribution >= 4 is 5.97 Å². The standard InChI is InChI=1S/C9H18NO5.ClH/c1-5-9(11)14-8-7-10(12-3,13-4)15-6-2;/h5H,1,6-8H2,2-4H3;1H/q+1;/p-1. The van der Waals surface area contributed by atoms with Crippen LogP contribution in [0.5, 0.6) is 0 Å². The lowest BCUT2D eigenvalue weighted by Gasteiger charge is -2.25. The third-order valence-corrected chi connectivity index (χ3v) is 1.66. The van der Waals surface area contributed by atoms with E-state index in [0.29, 0.717) is 6.61 Å². The number of quaternary nitrogens is 1. The molecule has 0 spiro atoms. The van der Waals surface area contributed by atoms with Gasteiger partial charge in [0.05, 0.1) is 4.97 Å². The van der Waals surface area contributed by atoms with Crippen molar-refractivity contribution in [3.8, 4) is 0 Å². The van der Waals surface area contributed by atoms with Crippen LogP contribution < -0.4 is 12.4 Å². The first-order chi connectivity index (χ1) is 7.14. The van der Waals surface area contributed by atoms with Crippen LogP contribution in [0.15, 0.2) is 12.7 Å². The molecular weight excluding hydrogens is 238 g/mol. The van der Waals surface area contributed by atoms with Crippen molar-refractivity contribution in [3.05, 3.63) is 12.7 Å². The number of hydroxylamine groups is 3. The zero-order chi connectivity index (χ0) is 11.7. The Morgan fingerprint density at radius 3 is 2.31 bits per heavy atom. The minimum Gasteiger partial charge on any atom is -1.00 e. The molecule has 0 aromatic carbocycles. The molecule has 0 atom stereocenters. The van der Waals surface area contributed by atoms with E-state index in [9.17, 15) is 4.79 Å². The second-order valence-electron chi connectivity index (χ2n) is 2.49. The number of ether oxygens (including phenoxy) is 1. The van der Waals surface area contributed by atoms with Gasteiger partial charge in [0.2, 0.25) is 6.54 Å². The molecule has 0 N–H and O–H groups in total. The summed E-state index contributed by atoms with van der Waals surface area (Å²) in [7, 11) is 2.88. The molecule has 0 aliphatic carbocycles. The Morgan fingerprint density at radius 1 is 1.38 bits per heavy atom. The van der Waals surface area contributed by atoms with Crippen LogP contribution in [0.4, 0.5) is 0 Å². The van der Waals surface area contributed by atoms with Gasteiger partial charge in [-0.15, -0.1) is 14.5 Å². The molecule has 0 aliphatic rings. The molecule has 0 saturated heterocycles. The van der Waals surface area contributed by atoms with Crippen LogP contribution >= 0.6 is 0 Å². The number of carbonyl (C=O) groups excluding carboxylic acids is 1. The fraction of sp³-hybridized carbons (Fsp3) is 0.667. The van der Waals surface area contributed by atoms with Crippen molar-refractivity contribution in [3.63, 3.8) is 0 Å². The molecule has 0 bridgehead atoms. The Kier molecular flexibility index (Phi) is 10.6. The van der Waals surface area contributed by atoms with Crippen molar-refractivity contribution in [1.82, 2.24) is 0 Å². The predicted molar refractivity (Wildman–Crippen MR) is 51.9 cm³/mol. The van der Waals surface area contributed by atoms with Gasteiger partial charge in [0.1, 0.15) is 20.8 Å². The normalized spacial score (nSPS) is 10.4. The molecule has 0 amide bonds. The second-order valence-corrected chi connectivity index (χ2v) is 2.49. The second kappa shape index (κ2) is 9.56. The lowest BCUT2D eigenvalue weighted by atomic mass is 10.6. The summed E-state index contributed by atoms with van der Waals surface area (Å²) in [5, 5.41) is 0. The lowest BCUT2D eigenvalue weighted by molar-refractivity contribution is -1.36. The van der Waals surface area contributed by atoms with E-state index >= 15 is 0 Å². The van der Waals surface area contributed by atoms with Gasteiger partial charge in [0.15, 0.2) is 6.61 Å². The minimum atomic E-state index is -0.489. The van der Waals surface area contributed by atoms with Gasteiger partial charge in [-0.05, 0) is 6.92 Å². The summed E-state index contributed by atoms with van der Waals surface area (Å²) in [4.78, 5) is 25.5. The summed E-state index contributed by atoms with van der Waals surface area (Å²) < 4.78 is 4.78. The molecule has 0 aliphatic heterocycles. The third kappa shape index (κ3) is 6.04. The van der Waals surface area contributed by atoms with Crippen molar-refractivity contribution < 1.29 is 41.4 Å². The zero-order valence-corrected chi connectivity index (χ0v) is 10.5. The Labute approximate surface area is 102 Å². The van der Waals surface area contributed by atoms with E-state index in [1.165, 1.54) is 14.2 Å². The highest BCUT2D eigenvalue weighted by Gasteiger charge is 2.31. The van der Waals surface area contributed by atoms with E-state index in [1.54, 1.807) is 6.92 Å². The molecule has 16 heavy (non-hydrogen) atoms. The van der Waals surface area contributed by atoms with Gasteiger partial charge in [0, 0.05) is 6.08 Å². The molecule has 0 heterocycles. The van der Waals surface area contributed by atoms with Gasteiger partial charge in [-0.2, -0.15) is 0 Å². The van der Waals surface area contributed by atoms with Crippen LogP contribution in [0.1, 0.15) is 6.92 Å². The maximum absolute atomic E-state index is 10.8. The highest BCUT2D eigenvalue weighted by Crippen LogP contribution is 2.08. The quantitative estimate of drug-likeness (QED) is 0.210. The Hall–Kier alpha value is -0.660. The molecule has 0 rings (SSSR count). The number of nitrogens with zero attached hydrogens (tertiary/aromatic N) is 1. The maximum Gasteiger partial charge on any atom is 0.330 e. The number of carbonyl (C=O) groups is 1. The van der Waals surface area contributed by atoms with Crippen molar-refractivity contribution in [2.24, 2.45) is 0 Å². The zero-order valence-electron chi connectivity index (χ0n) is 9.77. The summed E-state index contributed by atoms with van der Waals surface area (Å²) >= 11 is 0. The summed E-state index contributed by atoms with van der Waals surface area (Å²) in [6.45, 7) is 5.85. The number of hydrogen-bond donors (Lipinski definition) is 0. The van der Waals surface area contributed by atoms with Gasteiger partial charge in [-0.1, -0.05) is 6.58 Å². The first kappa shape index (κ1) is 17.7. The average Bonchev–Trinajstić information content (AvgIpc) is 2.27. The van der Waals surface area contributed by atoms with Gasteiger partial charge in [0.25, 0.3) is 0 Å². The van der Waals surface area contributed by atoms with Crippen molar-refractivity contribution in [2.75, 3.05) is 34.0 Å². The predicted octanol–water partition coefficient (Wildman–Crippen LogP) is -2.39. The molecule has 0 radical (unpaired) electrons. The van der Waals surface area contributed by atoms with E-state index in [4.69, 9.17) is 19.2 Å². The smallest absolute Gasteiger partial charge is 0.330 e. The van der Waals surface area contributed by atoms with Gasteiger partial charge >= 0.3 is 5.97 Å². The van der Waals surface area contributed by atoms with Crippen LogP contribution in [-0.4, -0.2) is 44.9 Å². The molecule has 0 saturated carbocycles. The summed E-state index contributed by atoms with van der Waals surface area (Å²) in [6, 6.07) is 0. The van der Waals surface area contributed by atoms with Crippen LogP contribution in [0.25, 0.3) is 0 Å². The van der Waals surface area contributed by atoms with E-state index in [0.717, 1.165) is 6.08 Å². The SMILES string of the molecule is C=CC(=O)OCC[N+](OC)(OC)OCC.[Cl-]. The van der Waals surface area contributed by atoms with Crippen molar-refractivity contribution in [1.29, 1.82) is 0 Å². The van der Waals surface area contributed by atoms with Gasteiger partial charge in [-0.25, -0.2) is 4.79 Å². The highest BCUT2D eigenvalue weighted by atomic mass is 35.5. The molecule has 7 heteroatoms. The molecule has 0 aromatic heterocycles. The number of halogens is 1. The molecule has 0 fully saturated rings. The summed E-state index contributed by atoms with van der Waals surface area (Å²) in [5.74, 6) is -0.489. The Bertz CT molecular complexity index is 208. The molecule has 6 nitrogen and oxygen atoms in total. The van der Waals surface area contributed by atoms with Gasteiger partial charge < -0.3 is 17.1 Å². The first-order valence-corrected chi connectivity index (χ1v) is 4.57. The number of hydrogen-bond acceptors (Lipinski definition) is 5. The monoisotopic (exact) mass is 255 g/mol. The van der Waals surface area contributed by atoms with E-state index < -0.39 is 10.9 Å². The largest absolute Gasteiger partial charge is 1.00 e. The Morgan fingerprint density at radius 2 is 1.94 bits per heavy atom. The van der Waals surface area contributed by atoms with Crippen LogP contribution in [-0.2, 0) is 24.0 Å². The third-order valence-electron chi connectivity index (χ3n) is 1.66. The number of rotatable bonds is 8. The van der Waals surface area contributed by atoms with Crippen molar-refractivity contribution in [2.45, 2.75) is 6.92 Å². The molecule has 0 aromatic rings. The maximum atomic E-state index is 10.8. The van der Waals surface area contributed by atoms with Crippen LogP contribution in [0.2, 0.25) is 0 Å². The van der Waals surface area contributed by atoms with Crippen LogP contribution in [0, 0.1) is 0 Å². The first-order valence-electron chi connectivity index (χ1n) is 4.57. The topological polar surface area (TPSA) is 54.0 Å². The summed E-state index contributed by atoms with van der Waals surface area (Å²) in [6.07, 6.45) is 1.09. The van der Waals surface area contributed by atoms with Gasteiger partial charge in [-0.3, -0.25) is 0 Å². The average molecular weight is 256 g/mol. The molecular formula is C9H18ClNO5. The van der Waals surface area contributed by atoms with E-state index in [2.05, 4.69) is 6.58 Å².